The van der Waals surface area contributed by atoms with E-state index in [0.29, 0.717) is 5.69 Å². The van der Waals surface area contributed by atoms with Crippen LogP contribution in [0, 0.1) is 0 Å². The molecule has 1 atom stereocenters. The predicted molar refractivity (Wildman–Crippen MR) is 50.4 cm³/mol. The molecular formula is C8H11NO4S. The normalized spacial score (nSPS) is 13.9. The molecule has 1 aromatic heterocycles. The van der Waals surface area contributed by atoms with Gasteiger partial charge in [-0.05, 0) is 12.1 Å². The lowest BCUT2D eigenvalue weighted by Crippen LogP contribution is -2.22. The number of hydrogen-bond donors (Lipinski definition) is 2. The van der Waals surface area contributed by atoms with Crippen molar-refractivity contribution in [2.45, 2.75) is 12.5 Å². The molecule has 5 nitrogen and oxygen atoms in total. The van der Waals surface area contributed by atoms with Gasteiger partial charge in [-0.1, -0.05) is 6.07 Å². The molecule has 0 aromatic carbocycles. The molecule has 0 aliphatic rings. The molecule has 0 spiro atoms. The summed E-state index contributed by atoms with van der Waals surface area (Å²) in [6, 6.07) is 5.13. The van der Waals surface area contributed by atoms with E-state index in [9.17, 15) is 13.5 Å². The van der Waals surface area contributed by atoms with Gasteiger partial charge in [0.1, 0.15) is 5.75 Å². The molecular weight excluding hydrogens is 206 g/mol. The summed E-state index contributed by atoms with van der Waals surface area (Å²) < 4.78 is 29.3. The Bertz CT molecular complexity index is 376. The van der Waals surface area contributed by atoms with E-state index in [2.05, 4.69) is 4.98 Å². The van der Waals surface area contributed by atoms with Gasteiger partial charge in [-0.3, -0.25) is 9.54 Å². The summed E-state index contributed by atoms with van der Waals surface area (Å²) in [5, 5.41) is 9.26. The minimum atomic E-state index is -4.12. The van der Waals surface area contributed by atoms with Gasteiger partial charge in [0.25, 0.3) is 10.1 Å². The minimum Gasteiger partial charge on any atom is -0.392 e. The van der Waals surface area contributed by atoms with Gasteiger partial charge >= 0.3 is 0 Å². The van der Waals surface area contributed by atoms with Crippen LogP contribution in [0.3, 0.4) is 0 Å². The predicted octanol–water partition coefficient (Wildman–Crippen LogP) is -0.127. The lowest BCUT2D eigenvalue weighted by Gasteiger charge is -2.07. The Balaban J connectivity index is 2.54. The van der Waals surface area contributed by atoms with Crippen molar-refractivity contribution in [3.63, 3.8) is 0 Å². The van der Waals surface area contributed by atoms with Gasteiger partial charge in [-0.15, -0.1) is 0 Å². The Morgan fingerprint density at radius 2 is 2.14 bits per heavy atom. The molecule has 0 amide bonds. The maximum Gasteiger partial charge on any atom is 0.267 e. The third kappa shape index (κ3) is 4.31. The third-order valence-electron chi connectivity index (χ3n) is 1.57. The first-order valence-electron chi connectivity index (χ1n) is 4.00. The summed E-state index contributed by atoms with van der Waals surface area (Å²) in [6.07, 6.45) is 0.538. The van der Waals surface area contributed by atoms with Crippen LogP contribution in [0.4, 0.5) is 0 Å². The van der Waals surface area contributed by atoms with E-state index in [1.165, 1.54) is 0 Å². The SMILES string of the molecule is O=S(=O)(O)CC(O)Cc1ccccn1. The third-order valence-corrected chi connectivity index (χ3v) is 2.38. The Morgan fingerprint density at radius 3 is 2.64 bits per heavy atom. The number of aliphatic hydroxyl groups is 1. The number of hydrogen-bond acceptors (Lipinski definition) is 4. The van der Waals surface area contributed by atoms with Gasteiger partial charge in [0.15, 0.2) is 0 Å². The second-order valence-electron chi connectivity index (χ2n) is 2.93. The average molecular weight is 217 g/mol. The van der Waals surface area contributed by atoms with Crippen molar-refractivity contribution in [3.8, 4) is 0 Å². The van der Waals surface area contributed by atoms with E-state index in [1.54, 1.807) is 24.4 Å². The van der Waals surface area contributed by atoms with Crippen molar-refractivity contribution in [2.75, 3.05) is 5.75 Å². The molecule has 0 saturated heterocycles. The molecule has 0 bridgehead atoms. The van der Waals surface area contributed by atoms with Crippen molar-refractivity contribution in [1.82, 2.24) is 4.98 Å². The van der Waals surface area contributed by atoms with Crippen LogP contribution in [0.25, 0.3) is 0 Å². The summed E-state index contributed by atoms with van der Waals surface area (Å²) in [7, 11) is -4.12. The lowest BCUT2D eigenvalue weighted by molar-refractivity contribution is 0.194. The number of aromatic nitrogens is 1. The van der Waals surface area contributed by atoms with E-state index in [1.807, 2.05) is 0 Å². The quantitative estimate of drug-likeness (QED) is 0.686. The van der Waals surface area contributed by atoms with Gasteiger partial charge in [0.2, 0.25) is 0 Å². The number of aliphatic hydroxyl groups excluding tert-OH is 1. The van der Waals surface area contributed by atoms with Crippen molar-refractivity contribution in [3.05, 3.63) is 30.1 Å². The molecule has 6 heteroatoms. The molecule has 0 radical (unpaired) electrons. The highest BCUT2D eigenvalue weighted by molar-refractivity contribution is 7.85. The summed E-state index contributed by atoms with van der Waals surface area (Å²) in [5.74, 6) is -0.663. The Morgan fingerprint density at radius 1 is 1.43 bits per heavy atom. The lowest BCUT2D eigenvalue weighted by atomic mass is 10.2. The molecule has 1 rings (SSSR count). The average Bonchev–Trinajstić information content (AvgIpc) is 2.02. The van der Waals surface area contributed by atoms with Crippen LogP contribution in [-0.2, 0) is 16.5 Å². The van der Waals surface area contributed by atoms with Crippen LogP contribution in [0.15, 0.2) is 24.4 Å². The van der Waals surface area contributed by atoms with Crippen molar-refractivity contribution in [2.24, 2.45) is 0 Å². The highest BCUT2D eigenvalue weighted by atomic mass is 32.2. The second kappa shape index (κ2) is 4.50. The first kappa shape index (κ1) is 11.1. The van der Waals surface area contributed by atoms with Crippen LogP contribution in [-0.4, -0.2) is 34.9 Å². The molecule has 0 saturated carbocycles. The molecule has 0 fully saturated rings. The summed E-state index contributed by atoms with van der Waals surface area (Å²) >= 11 is 0. The van der Waals surface area contributed by atoms with E-state index in [4.69, 9.17) is 4.55 Å². The molecule has 78 valence electrons. The van der Waals surface area contributed by atoms with Crippen molar-refractivity contribution >= 4 is 10.1 Å². The highest BCUT2D eigenvalue weighted by Crippen LogP contribution is 2.01. The Kier molecular flexibility index (Phi) is 3.56. The van der Waals surface area contributed by atoms with Gasteiger partial charge in [0.05, 0.1) is 6.10 Å². The maximum absolute atomic E-state index is 10.4. The highest BCUT2D eigenvalue weighted by Gasteiger charge is 2.14. The molecule has 14 heavy (non-hydrogen) atoms. The van der Waals surface area contributed by atoms with Crippen LogP contribution in [0.5, 0.6) is 0 Å². The van der Waals surface area contributed by atoms with E-state index >= 15 is 0 Å². The molecule has 0 aliphatic heterocycles. The maximum atomic E-state index is 10.4. The van der Waals surface area contributed by atoms with Crippen LogP contribution < -0.4 is 0 Å². The number of rotatable bonds is 4. The number of pyridine rings is 1. The van der Waals surface area contributed by atoms with Gasteiger partial charge in [-0.25, -0.2) is 0 Å². The summed E-state index contributed by atoms with van der Waals surface area (Å²) in [4.78, 5) is 3.91. The summed E-state index contributed by atoms with van der Waals surface area (Å²) in [6.45, 7) is 0. The first-order chi connectivity index (χ1) is 6.47. The van der Waals surface area contributed by atoms with Gasteiger partial charge in [-0.2, -0.15) is 8.42 Å². The van der Waals surface area contributed by atoms with Crippen molar-refractivity contribution in [1.29, 1.82) is 0 Å². The zero-order valence-electron chi connectivity index (χ0n) is 7.37. The smallest absolute Gasteiger partial charge is 0.267 e. The largest absolute Gasteiger partial charge is 0.392 e. The fourth-order valence-corrected chi connectivity index (χ4v) is 1.67. The molecule has 1 heterocycles. The van der Waals surface area contributed by atoms with Gasteiger partial charge < -0.3 is 5.11 Å². The Labute approximate surface area is 82.2 Å². The zero-order chi connectivity index (χ0) is 10.6. The van der Waals surface area contributed by atoms with E-state index in [-0.39, 0.29) is 6.42 Å². The molecule has 0 aliphatic carbocycles. The minimum absolute atomic E-state index is 0.112. The molecule has 1 aromatic rings. The van der Waals surface area contributed by atoms with E-state index < -0.39 is 22.0 Å². The molecule has 1 unspecified atom stereocenters. The molecule has 2 N–H and O–H groups in total. The Hall–Kier alpha value is -0.980. The van der Waals surface area contributed by atoms with Crippen molar-refractivity contribution < 1.29 is 18.1 Å². The fourth-order valence-electron chi connectivity index (χ4n) is 1.06. The fraction of sp³-hybridized carbons (Fsp3) is 0.375. The first-order valence-corrected chi connectivity index (χ1v) is 5.61. The zero-order valence-corrected chi connectivity index (χ0v) is 8.18. The van der Waals surface area contributed by atoms with Crippen LogP contribution in [0.2, 0.25) is 0 Å². The van der Waals surface area contributed by atoms with Crippen LogP contribution >= 0.6 is 0 Å². The summed E-state index contributed by atoms with van der Waals surface area (Å²) in [5.41, 5.74) is 0.587. The number of nitrogens with zero attached hydrogens (tertiary/aromatic N) is 1. The monoisotopic (exact) mass is 217 g/mol. The van der Waals surface area contributed by atoms with E-state index in [0.717, 1.165) is 0 Å². The standard InChI is InChI=1S/C8H11NO4S/c10-8(6-14(11,12)13)5-7-3-1-2-4-9-7/h1-4,8,10H,5-6H2,(H,11,12,13). The topological polar surface area (TPSA) is 87.5 Å². The second-order valence-corrected chi connectivity index (χ2v) is 4.42. The van der Waals surface area contributed by atoms with Crippen LogP contribution in [0.1, 0.15) is 5.69 Å². The van der Waals surface area contributed by atoms with Gasteiger partial charge in [0, 0.05) is 18.3 Å².